The molecule has 0 unspecified atom stereocenters. The number of hydrogen-bond acceptors (Lipinski definition) is 5. The molecule has 112 valence electrons. The van der Waals surface area contributed by atoms with Crippen molar-refractivity contribution in [2.24, 2.45) is 5.92 Å². The minimum absolute atomic E-state index is 0.0132. The van der Waals surface area contributed by atoms with Crippen LogP contribution in [0.25, 0.3) is 5.69 Å². The highest BCUT2D eigenvalue weighted by Gasteiger charge is 2.10. The first kappa shape index (κ1) is 15.0. The van der Waals surface area contributed by atoms with Gasteiger partial charge in [0.05, 0.1) is 12.2 Å². The van der Waals surface area contributed by atoms with Crippen molar-refractivity contribution in [3.63, 3.8) is 0 Å². The van der Waals surface area contributed by atoms with E-state index < -0.39 is 0 Å². The zero-order valence-corrected chi connectivity index (χ0v) is 12.4. The third-order valence-corrected chi connectivity index (χ3v) is 3.32. The molecule has 7 nitrogen and oxygen atoms in total. The summed E-state index contributed by atoms with van der Waals surface area (Å²) in [5.74, 6) is 0.408. The van der Waals surface area contributed by atoms with E-state index in [0.29, 0.717) is 5.92 Å². The zero-order chi connectivity index (χ0) is 15.2. The Morgan fingerprint density at radius 3 is 2.52 bits per heavy atom. The maximum atomic E-state index is 11.8. The second kappa shape index (κ2) is 6.83. The molecule has 7 heteroatoms. The van der Waals surface area contributed by atoms with Crippen LogP contribution >= 0.6 is 0 Å². The largest absolute Gasteiger partial charge is 0.376 e. The predicted molar refractivity (Wildman–Crippen MR) is 80.1 cm³/mol. The van der Waals surface area contributed by atoms with E-state index >= 15 is 0 Å². The summed E-state index contributed by atoms with van der Waals surface area (Å²) < 4.78 is 1.57. The van der Waals surface area contributed by atoms with Crippen LogP contribution in [0.5, 0.6) is 0 Å². The number of anilines is 1. The molecule has 0 saturated carbocycles. The van der Waals surface area contributed by atoms with E-state index in [1.54, 1.807) is 4.68 Å². The first-order valence-electron chi connectivity index (χ1n) is 6.93. The number of tetrazole rings is 1. The highest BCUT2D eigenvalue weighted by atomic mass is 16.1. The fraction of sp³-hybridized carbons (Fsp3) is 0.429. The van der Waals surface area contributed by atoms with E-state index in [4.69, 9.17) is 0 Å². The van der Waals surface area contributed by atoms with Gasteiger partial charge in [0.15, 0.2) is 0 Å². The Hall–Kier alpha value is -2.44. The lowest BCUT2D eigenvalue weighted by Gasteiger charge is -2.17. The van der Waals surface area contributed by atoms with Gasteiger partial charge >= 0.3 is 0 Å². The van der Waals surface area contributed by atoms with Crippen LogP contribution in [0.15, 0.2) is 30.6 Å². The molecule has 0 aliphatic carbocycles. The SMILES string of the molecule is CC(C)[C@H](C)NC(=O)CNc1ccc(-n2cnnn2)cc1. The van der Waals surface area contributed by atoms with Crippen LogP contribution < -0.4 is 10.6 Å². The molecule has 2 N–H and O–H groups in total. The van der Waals surface area contributed by atoms with Crippen molar-refractivity contribution in [2.75, 3.05) is 11.9 Å². The monoisotopic (exact) mass is 288 g/mol. The normalized spacial score (nSPS) is 12.2. The van der Waals surface area contributed by atoms with Gasteiger partial charge in [-0.15, -0.1) is 5.10 Å². The molecule has 21 heavy (non-hydrogen) atoms. The lowest BCUT2D eigenvalue weighted by molar-refractivity contribution is -0.120. The second-order valence-electron chi connectivity index (χ2n) is 5.26. The number of rotatable bonds is 6. The Morgan fingerprint density at radius 1 is 1.24 bits per heavy atom. The average molecular weight is 288 g/mol. The van der Waals surface area contributed by atoms with Gasteiger partial charge in [0.25, 0.3) is 0 Å². The Labute approximate surface area is 123 Å². The Kier molecular flexibility index (Phi) is 4.86. The van der Waals surface area contributed by atoms with Gasteiger partial charge in [-0.3, -0.25) is 4.79 Å². The minimum atomic E-state index is -0.0132. The molecule has 1 atom stereocenters. The van der Waals surface area contributed by atoms with Crippen molar-refractivity contribution in [3.8, 4) is 5.69 Å². The number of carbonyl (C=O) groups excluding carboxylic acids is 1. The lowest BCUT2D eigenvalue weighted by atomic mass is 10.1. The molecule has 2 rings (SSSR count). The number of carbonyl (C=O) groups is 1. The van der Waals surface area contributed by atoms with Crippen LogP contribution in [0.3, 0.4) is 0 Å². The molecule has 0 saturated heterocycles. The minimum Gasteiger partial charge on any atom is -0.376 e. The fourth-order valence-electron chi connectivity index (χ4n) is 1.67. The molecule has 0 fully saturated rings. The Balaban J connectivity index is 1.85. The zero-order valence-electron chi connectivity index (χ0n) is 12.4. The van der Waals surface area contributed by atoms with Gasteiger partial charge in [-0.25, -0.2) is 4.68 Å². The molecule has 0 aliphatic heterocycles. The molecule has 0 bridgehead atoms. The second-order valence-corrected chi connectivity index (χ2v) is 5.26. The van der Waals surface area contributed by atoms with E-state index in [-0.39, 0.29) is 18.5 Å². The number of benzene rings is 1. The number of amides is 1. The van der Waals surface area contributed by atoms with Crippen LogP contribution in [-0.2, 0) is 4.79 Å². The van der Waals surface area contributed by atoms with Crippen molar-refractivity contribution < 1.29 is 4.79 Å². The summed E-state index contributed by atoms with van der Waals surface area (Å²) >= 11 is 0. The smallest absolute Gasteiger partial charge is 0.239 e. The number of hydrogen-bond donors (Lipinski definition) is 2. The Morgan fingerprint density at radius 2 is 1.95 bits per heavy atom. The molecular weight excluding hydrogens is 268 g/mol. The van der Waals surface area contributed by atoms with E-state index in [1.165, 1.54) is 6.33 Å². The fourth-order valence-corrected chi connectivity index (χ4v) is 1.67. The number of nitrogens with one attached hydrogen (secondary N) is 2. The van der Waals surface area contributed by atoms with Gasteiger partial charge < -0.3 is 10.6 Å². The summed E-state index contributed by atoms with van der Waals surface area (Å²) in [6.45, 7) is 6.41. The summed E-state index contributed by atoms with van der Waals surface area (Å²) in [6.07, 6.45) is 1.53. The molecule has 0 radical (unpaired) electrons. The standard InChI is InChI=1S/C14H20N6O/c1-10(2)11(3)17-14(21)8-15-12-4-6-13(7-5-12)20-9-16-18-19-20/h4-7,9-11,15H,8H2,1-3H3,(H,17,21)/t11-/m0/s1. The molecule has 1 heterocycles. The van der Waals surface area contributed by atoms with Crippen molar-refractivity contribution in [1.29, 1.82) is 0 Å². The molecule has 0 spiro atoms. The summed E-state index contributed by atoms with van der Waals surface area (Å²) in [7, 11) is 0. The van der Waals surface area contributed by atoms with Crippen LogP contribution in [0.2, 0.25) is 0 Å². The van der Waals surface area contributed by atoms with Gasteiger partial charge in [-0.05, 0) is 47.5 Å². The van der Waals surface area contributed by atoms with Crippen molar-refractivity contribution >= 4 is 11.6 Å². The first-order chi connectivity index (χ1) is 10.1. The topological polar surface area (TPSA) is 84.7 Å². The molecule has 2 aromatic rings. The van der Waals surface area contributed by atoms with Crippen LogP contribution in [0.1, 0.15) is 20.8 Å². The quantitative estimate of drug-likeness (QED) is 0.835. The summed E-state index contributed by atoms with van der Waals surface area (Å²) in [5, 5.41) is 17.0. The van der Waals surface area contributed by atoms with Gasteiger partial charge in [0.2, 0.25) is 5.91 Å². The summed E-state index contributed by atoms with van der Waals surface area (Å²) in [6, 6.07) is 7.70. The predicted octanol–water partition coefficient (Wildman–Crippen LogP) is 1.23. The molecule has 1 amide bonds. The molecule has 0 aliphatic rings. The third-order valence-electron chi connectivity index (χ3n) is 3.32. The van der Waals surface area contributed by atoms with E-state index in [2.05, 4.69) is 40.0 Å². The van der Waals surface area contributed by atoms with Crippen molar-refractivity contribution in [1.82, 2.24) is 25.5 Å². The number of aromatic nitrogens is 4. The van der Waals surface area contributed by atoms with Crippen LogP contribution in [0.4, 0.5) is 5.69 Å². The molecular formula is C14H20N6O. The van der Waals surface area contributed by atoms with Gasteiger partial charge in [-0.1, -0.05) is 13.8 Å². The lowest BCUT2D eigenvalue weighted by Crippen LogP contribution is -2.39. The molecule has 1 aromatic heterocycles. The van der Waals surface area contributed by atoms with Gasteiger partial charge in [-0.2, -0.15) is 0 Å². The van der Waals surface area contributed by atoms with E-state index in [1.807, 2.05) is 31.2 Å². The average Bonchev–Trinajstić information content (AvgIpc) is 2.99. The maximum absolute atomic E-state index is 11.8. The van der Waals surface area contributed by atoms with Crippen LogP contribution in [0, 0.1) is 5.92 Å². The summed E-state index contributed by atoms with van der Waals surface area (Å²) in [5.41, 5.74) is 1.74. The van der Waals surface area contributed by atoms with Crippen molar-refractivity contribution in [2.45, 2.75) is 26.8 Å². The first-order valence-corrected chi connectivity index (χ1v) is 6.93. The molecule has 1 aromatic carbocycles. The van der Waals surface area contributed by atoms with Crippen molar-refractivity contribution in [3.05, 3.63) is 30.6 Å². The van der Waals surface area contributed by atoms with E-state index in [9.17, 15) is 4.79 Å². The summed E-state index contributed by atoms with van der Waals surface area (Å²) in [4.78, 5) is 11.8. The maximum Gasteiger partial charge on any atom is 0.239 e. The van der Waals surface area contributed by atoms with Gasteiger partial charge in [0, 0.05) is 11.7 Å². The third kappa shape index (κ3) is 4.27. The van der Waals surface area contributed by atoms with E-state index in [0.717, 1.165) is 11.4 Å². The Bertz CT molecular complexity index is 564. The van der Waals surface area contributed by atoms with Gasteiger partial charge in [0.1, 0.15) is 6.33 Å². The highest BCUT2D eigenvalue weighted by molar-refractivity contribution is 5.81. The highest BCUT2D eigenvalue weighted by Crippen LogP contribution is 2.11. The van der Waals surface area contributed by atoms with Crippen LogP contribution in [-0.4, -0.2) is 38.7 Å². The number of nitrogens with zero attached hydrogens (tertiary/aromatic N) is 4.